The largest absolute Gasteiger partial charge is 0.414 e. The summed E-state index contributed by atoms with van der Waals surface area (Å²) in [4.78, 5) is 0. The molecular weight excluding hydrogens is 595 g/mol. The SMILES string of the molecule is CC(/C=C/I)=C\[C@H](O[Si](C)(C)C(C)(C)C)[C@H](C[C@@H](C)O[Si](C)(C)C(C)(C)C)O[Si](C)(C)C(C)(C)C. The Bertz CT molecular complexity index is 723. The summed E-state index contributed by atoms with van der Waals surface area (Å²) < 4.78 is 23.2. The Hall–Kier alpha value is 0.741. The van der Waals surface area contributed by atoms with Crippen LogP contribution in [-0.4, -0.2) is 43.3 Å². The summed E-state index contributed by atoms with van der Waals surface area (Å²) in [5.41, 5.74) is 1.21. The van der Waals surface area contributed by atoms with Gasteiger partial charge >= 0.3 is 0 Å². The van der Waals surface area contributed by atoms with Crippen molar-refractivity contribution in [2.75, 3.05) is 0 Å². The summed E-state index contributed by atoms with van der Waals surface area (Å²) in [6, 6.07) is 0. The van der Waals surface area contributed by atoms with Crippen LogP contribution in [0.15, 0.2) is 21.8 Å². The highest BCUT2D eigenvalue weighted by Gasteiger charge is 2.45. The number of hydrogen-bond acceptors (Lipinski definition) is 3. The Morgan fingerprint density at radius 3 is 1.46 bits per heavy atom. The fourth-order valence-corrected chi connectivity index (χ4v) is 7.63. The average Bonchev–Trinajstić information content (AvgIpc) is 2.56. The molecule has 0 unspecified atom stereocenters. The van der Waals surface area contributed by atoms with E-state index in [1.165, 1.54) is 5.57 Å². The van der Waals surface area contributed by atoms with Gasteiger partial charge in [0.2, 0.25) is 0 Å². The van der Waals surface area contributed by atoms with Gasteiger partial charge in [0.15, 0.2) is 25.0 Å². The molecule has 0 bridgehead atoms. The number of rotatable bonds is 11. The first kappa shape index (κ1) is 35.7. The molecule has 3 nitrogen and oxygen atoms in total. The second-order valence-electron chi connectivity index (χ2n) is 14.9. The molecule has 0 aromatic carbocycles. The van der Waals surface area contributed by atoms with Crippen molar-refractivity contribution in [1.29, 1.82) is 0 Å². The molecule has 0 radical (unpaired) electrons. The van der Waals surface area contributed by atoms with E-state index in [0.717, 1.165) is 6.42 Å². The zero-order chi connectivity index (χ0) is 28.3. The van der Waals surface area contributed by atoms with Crippen molar-refractivity contribution >= 4 is 47.5 Å². The van der Waals surface area contributed by atoms with Crippen LogP contribution in [0.4, 0.5) is 0 Å². The highest BCUT2D eigenvalue weighted by Crippen LogP contribution is 2.42. The lowest BCUT2D eigenvalue weighted by Gasteiger charge is -2.46. The van der Waals surface area contributed by atoms with Crippen molar-refractivity contribution in [3.8, 4) is 0 Å². The highest BCUT2D eigenvalue weighted by molar-refractivity contribution is 14.1. The van der Waals surface area contributed by atoms with Crippen LogP contribution in [0.3, 0.4) is 0 Å². The third-order valence-electron chi connectivity index (χ3n) is 8.47. The summed E-state index contributed by atoms with van der Waals surface area (Å²) >= 11 is 2.29. The Morgan fingerprint density at radius 1 is 0.714 bits per heavy atom. The standard InChI is InChI=1S/C28H59IO3Si3/c1-22(18-19-29)20-24(31-34(14,15)27(6,7)8)25(32-35(16,17)28(9,10)11)21-23(2)30-33(12,13)26(3,4)5/h18-20,23-25H,21H2,1-17H3/b19-18+,22-20+/t23-,24+,25+/m1/s1. The van der Waals surface area contributed by atoms with Crippen molar-refractivity contribution in [2.45, 2.75) is 155 Å². The van der Waals surface area contributed by atoms with E-state index in [1.807, 2.05) is 0 Å². The Labute approximate surface area is 236 Å². The Morgan fingerprint density at radius 2 is 1.09 bits per heavy atom. The summed E-state index contributed by atoms with van der Waals surface area (Å²) in [6.07, 6.45) is 5.22. The molecule has 208 valence electrons. The molecule has 35 heavy (non-hydrogen) atoms. The number of allylic oxidation sites excluding steroid dienone is 2. The monoisotopic (exact) mass is 654 g/mol. The summed E-state index contributed by atoms with van der Waals surface area (Å²) in [7, 11) is -5.97. The quantitative estimate of drug-likeness (QED) is 0.126. The van der Waals surface area contributed by atoms with E-state index in [2.05, 4.69) is 154 Å². The molecule has 0 aliphatic rings. The molecule has 0 rings (SSSR count). The minimum atomic E-state index is -2.04. The maximum atomic E-state index is 7.17. The molecule has 0 saturated carbocycles. The molecule has 0 fully saturated rings. The smallest absolute Gasteiger partial charge is 0.193 e. The van der Waals surface area contributed by atoms with Gasteiger partial charge in [-0.3, -0.25) is 0 Å². The number of halogens is 1. The highest BCUT2D eigenvalue weighted by atomic mass is 127. The predicted octanol–water partition coefficient (Wildman–Crippen LogP) is 10.5. The van der Waals surface area contributed by atoms with Gasteiger partial charge < -0.3 is 13.3 Å². The predicted molar refractivity (Wildman–Crippen MR) is 173 cm³/mol. The zero-order valence-corrected chi connectivity index (χ0v) is 31.4. The molecule has 7 heteroatoms. The first-order valence-corrected chi connectivity index (χ1v) is 23.2. The van der Waals surface area contributed by atoms with Crippen LogP contribution in [0.2, 0.25) is 54.4 Å². The molecule has 0 spiro atoms. The third-order valence-corrected chi connectivity index (χ3v) is 22.4. The van der Waals surface area contributed by atoms with Crippen molar-refractivity contribution in [1.82, 2.24) is 0 Å². The maximum absolute atomic E-state index is 7.17. The lowest BCUT2D eigenvalue weighted by molar-refractivity contribution is 0.0294. The van der Waals surface area contributed by atoms with Crippen molar-refractivity contribution < 1.29 is 13.3 Å². The molecule has 0 saturated heterocycles. The molecule has 0 N–H and O–H groups in total. The van der Waals surface area contributed by atoms with E-state index in [4.69, 9.17) is 13.3 Å². The van der Waals surface area contributed by atoms with Gasteiger partial charge in [0.25, 0.3) is 0 Å². The fourth-order valence-electron chi connectivity index (χ4n) is 3.01. The zero-order valence-electron chi connectivity index (χ0n) is 26.3. The van der Waals surface area contributed by atoms with Gasteiger partial charge in [-0.2, -0.15) is 0 Å². The first-order chi connectivity index (χ1) is 15.3. The van der Waals surface area contributed by atoms with Gasteiger partial charge in [-0.1, -0.05) is 103 Å². The van der Waals surface area contributed by atoms with Gasteiger partial charge in [0, 0.05) is 6.10 Å². The summed E-state index contributed by atoms with van der Waals surface area (Å²) in [5.74, 6) is 0. The van der Waals surface area contributed by atoms with Crippen molar-refractivity contribution in [2.24, 2.45) is 0 Å². The summed E-state index contributed by atoms with van der Waals surface area (Å²) in [5, 5.41) is 0.420. The van der Waals surface area contributed by atoms with Crippen LogP contribution in [0, 0.1) is 0 Å². The second kappa shape index (κ2) is 12.7. The van der Waals surface area contributed by atoms with Crippen LogP contribution in [-0.2, 0) is 13.3 Å². The van der Waals surface area contributed by atoms with E-state index in [1.54, 1.807) is 0 Å². The molecule has 0 heterocycles. The lowest BCUT2D eigenvalue weighted by atomic mass is 10.1. The van der Waals surface area contributed by atoms with Gasteiger partial charge in [-0.25, -0.2) is 0 Å². The minimum Gasteiger partial charge on any atom is -0.414 e. The first-order valence-electron chi connectivity index (χ1n) is 13.3. The van der Waals surface area contributed by atoms with E-state index in [-0.39, 0.29) is 33.4 Å². The van der Waals surface area contributed by atoms with Gasteiger partial charge in [-0.15, -0.1) is 0 Å². The molecular formula is C28H59IO3Si3. The fraction of sp³-hybridized carbons (Fsp3) is 0.857. The van der Waals surface area contributed by atoms with Gasteiger partial charge in [-0.05, 0) is 78.7 Å². The van der Waals surface area contributed by atoms with E-state index in [0.29, 0.717) is 0 Å². The van der Waals surface area contributed by atoms with Gasteiger partial charge in [0.1, 0.15) is 0 Å². The van der Waals surface area contributed by atoms with Crippen molar-refractivity contribution in [3.63, 3.8) is 0 Å². The molecule has 0 amide bonds. The van der Waals surface area contributed by atoms with Crippen LogP contribution < -0.4 is 0 Å². The van der Waals surface area contributed by atoms with Crippen LogP contribution in [0.1, 0.15) is 82.6 Å². The van der Waals surface area contributed by atoms with E-state index < -0.39 is 25.0 Å². The Balaban J connectivity index is 6.51. The molecule has 0 aromatic heterocycles. The maximum Gasteiger partial charge on any atom is 0.193 e. The Kier molecular flexibility index (Phi) is 13.0. The molecule has 0 aromatic rings. The van der Waals surface area contributed by atoms with Crippen LogP contribution in [0.5, 0.6) is 0 Å². The minimum absolute atomic E-state index is 0.0534. The topological polar surface area (TPSA) is 27.7 Å². The van der Waals surface area contributed by atoms with Crippen LogP contribution in [0.25, 0.3) is 0 Å². The van der Waals surface area contributed by atoms with Crippen LogP contribution >= 0.6 is 22.6 Å². The van der Waals surface area contributed by atoms with Crippen molar-refractivity contribution in [3.05, 3.63) is 21.8 Å². The third kappa shape index (κ3) is 11.2. The average molecular weight is 655 g/mol. The molecule has 3 atom stereocenters. The molecule has 0 aliphatic heterocycles. The second-order valence-corrected chi connectivity index (χ2v) is 29.9. The lowest BCUT2D eigenvalue weighted by Crippen LogP contribution is -2.52. The van der Waals surface area contributed by atoms with E-state index in [9.17, 15) is 0 Å². The molecule has 0 aliphatic carbocycles. The normalized spacial score (nSPS) is 18.2. The number of hydrogen-bond donors (Lipinski definition) is 0. The van der Waals surface area contributed by atoms with Gasteiger partial charge in [0.05, 0.1) is 12.2 Å². The van der Waals surface area contributed by atoms with E-state index >= 15 is 0 Å². The summed E-state index contributed by atoms with van der Waals surface area (Å²) in [6.45, 7) is 39.3.